The first-order chi connectivity index (χ1) is 10.6. The molecular formula is C18H14Br3N. The number of nitrogens with zero attached hydrogens (tertiary/aromatic N) is 1. The Morgan fingerprint density at radius 1 is 0.773 bits per heavy atom. The monoisotopic (exact) mass is 481 g/mol. The van der Waals surface area contributed by atoms with Gasteiger partial charge in [-0.25, -0.2) is 0 Å². The number of rotatable bonds is 3. The summed E-state index contributed by atoms with van der Waals surface area (Å²) in [7, 11) is 0. The van der Waals surface area contributed by atoms with Crippen LogP contribution in [0, 0.1) is 0 Å². The van der Waals surface area contributed by atoms with Crippen molar-refractivity contribution in [3.63, 3.8) is 0 Å². The molecule has 0 heterocycles. The van der Waals surface area contributed by atoms with Gasteiger partial charge in [0.1, 0.15) is 0 Å². The van der Waals surface area contributed by atoms with Gasteiger partial charge in [0.2, 0.25) is 0 Å². The standard InChI is InChI=1S/C18H14Br3N/c19-13-1-7-16(8-2-13)22(17-9-3-14(20)4-10-17)18-11-5-15(21)6-12-18/h1-11,18H,12H2/t18-/m0/s1. The topological polar surface area (TPSA) is 3.24 Å². The van der Waals surface area contributed by atoms with Crippen molar-refractivity contribution in [1.82, 2.24) is 0 Å². The number of anilines is 2. The Kier molecular flexibility index (Phi) is 5.21. The summed E-state index contributed by atoms with van der Waals surface area (Å²) in [6.07, 6.45) is 7.56. The Morgan fingerprint density at radius 2 is 1.27 bits per heavy atom. The molecule has 1 aliphatic carbocycles. The SMILES string of the molecule is BrC1=CC[C@@H](N(c2ccc(Br)cc2)c2ccc(Br)cc2)C=C1. The first-order valence-electron chi connectivity index (χ1n) is 6.98. The van der Waals surface area contributed by atoms with Crippen molar-refractivity contribution in [2.45, 2.75) is 12.5 Å². The highest BCUT2D eigenvalue weighted by Gasteiger charge is 2.19. The van der Waals surface area contributed by atoms with E-state index >= 15 is 0 Å². The second-order valence-corrected chi connectivity index (χ2v) is 7.82. The van der Waals surface area contributed by atoms with Crippen molar-refractivity contribution >= 4 is 59.2 Å². The summed E-state index contributed by atoms with van der Waals surface area (Å²) in [5, 5.41) is 0. The average molecular weight is 484 g/mol. The summed E-state index contributed by atoms with van der Waals surface area (Å²) in [4.78, 5) is 2.37. The van der Waals surface area contributed by atoms with Gasteiger partial charge in [0.15, 0.2) is 0 Å². The molecule has 0 fully saturated rings. The maximum Gasteiger partial charge on any atom is 0.0560 e. The lowest BCUT2D eigenvalue weighted by atomic mass is 10.0. The van der Waals surface area contributed by atoms with Gasteiger partial charge in [-0.2, -0.15) is 0 Å². The fourth-order valence-electron chi connectivity index (χ4n) is 2.51. The Bertz CT molecular complexity index is 657. The molecule has 112 valence electrons. The van der Waals surface area contributed by atoms with E-state index in [4.69, 9.17) is 0 Å². The molecule has 0 bridgehead atoms. The molecule has 2 aromatic carbocycles. The lowest BCUT2D eigenvalue weighted by Gasteiger charge is -2.33. The number of hydrogen-bond donors (Lipinski definition) is 0. The number of allylic oxidation sites excluding steroid dienone is 2. The van der Waals surface area contributed by atoms with Crippen LogP contribution in [0.2, 0.25) is 0 Å². The maximum absolute atomic E-state index is 3.54. The molecule has 22 heavy (non-hydrogen) atoms. The van der Waals surface area contributed by atoms with Crippen LogP contribution in [0.5, 0.6) is 0 Å². The van der Waals surface area contributed by atoms with Crippen molar-refractivity contribution in [1.29, 1.82) is 0 Å². The van der Waals surface area contributed by atoms with Crippen molar-refractivity contribution in [3.8, 4) is 0 Å². The van der Waals surface area contributed by atoms with Crippen molar-refractivity contribution in [2.75, 3.05) is 4.90 Å². The van der Waals surface area contributed by atoms with Crippen LogP contribution < -0.4 is 4.90 Å². The molecule has 0 saturated heterocycles. The van der Waals surface area contributed by atoms with E-state index in [0.29, 0.717) is 6.04 Å². The first kappa shape index (κ1) is 16.0. The zero-order valence-electron chi connectivity index (χ0n) is 11.7. The number of hydrogen-bond acceptors (Lipinski definition) is 1. The number of benzene rings is 2. The molecule has 0 spiro atoms. The molecule has 3 rings (SSSR count). The van der Waals surface area contributed by atoms with Gasteiger partial charge in [-0.05, 0) is 55.0 Å². The van der Waals surface area contributed by atoms with E-state index in [1.54, 1.807) is 0 Å². The molecule has 2 aromatic rings. The van der Waals surface area contributed by atoms with E-state index < -0.39 is 0 Å². The summed E-state index contributed by atoms with van der Waals surface area (Å²) < 4.78 is 3.33. The summed E-state index contributed by atoms with van der Waals surface area (Å²) in [6, 6.07) is 17.2. The molecular weight excluding hydrogens is 470 g/mol. The first-order valence-corrected chi connectivity index (χ1v) is 9.35. The Hall–Kier alpha value is -0.840. The molecule has 4 heteroatoms. The van der Waals surface area contributed by atoms with Gasteiger partial charge < -0.3 is 4.90 Å². The Labute approximate surface area is 156 Å². The van der Waals surface area contributed by atoms with Crippen LogP contribution in [-0.4, -0.2) is 6.04 Å². The maximum atomic E-state index is 3.54. The third kappa shape index (κ3) is 3.73. The lowest BCUT2D eigenvalue weighted by Crippen LogP contribution is -2.29. The lowest BCUT2D eigenvalue weighted by molar-refractivity contribution is 0.784. The van der Waals surface area contributed by atoms with Crippen LogP contribution in [-0.2, 0) is 0 Å². The van der Waals surface area contributed by atoms with Crippen LogP contribution in [0.15, 0.2) is 80.2 Å². The Morgan fingerprint density at radius 3 is 1.68 bits per heavy atom. The highest BCUT2D eigenvalue weighted by molar-refractivity contribution is 9.12. The molecule has 0 radical (unpaired) electrons. The van der Waals surface area contributed by atoms with Crippen molar-refractivity contribution in [3.05, 3.63) is 80.2 Å². The minimum Gasteiger partial charge on any atom is -0.334 e. The summed E-state index contributed by atoms with van der Waals surface area (Å²) in [5.41, 5.74) is 2.37. The molecule has 1 nitrogen and oxygen atoms in total. The van der Waals surface area contributed by atoms with Gasteiger partial charge in [0.05, 0.1) is 6.04 Å². The summed E-state index contributed by atoms with van der Waals surface area (Å²) >= 11 is 10.6. The van der Waals surface area contributed by atoms with E-state index in [9.17, 15) is 0 Å². The van der Waals surface area contributed by atoms with Gasteiger partial charge in [0.25, 0.3) is 0 Å². The van der Waals surface area contributed by atoms with Crippen LogP contribution in [0.4, 0.5) is 11.4 Å². The van der Waals surface area contributed by atoms with Crippen molar-refractivity contribution < 1.29 is 0 Å². The van der Waals surface area contributed by atoms with E-state index in [1.165, 1.54) is 11.4 Å². The van der Waals surface area contributed by atoms with Gasteiger partial charge in [-0.1, -0.05) is 66.0 Å². The zero-order valence-corrected chi connectivity index (χ0v) is 16.5. The molecule has 0 aromatic heterocycles. The Balaban J connectivity index is 2.00. The smallest absolute Gasteiger partial charge is 0.0560 e. The average Bonchev–Trinajstić information content (AvgIpc) is 2.53. The molecule has 0 unspecified atom stereocenters. The fraction of sp³-hybridized carbons (Fsp3) is 0.111. The van der Waals surface area contributed by atoms with E-state index in [-0.39, 0.29) is 0 Å². The van der Waals surface area contributed by atoms with Crippen molar-refractivity contribution in [2.24, 2.45) is 0 Å². The predicted molar refractivity (Wildman–Crippen MR) is 105 cm³/mol. The van der Waals surface area contributed by atoms with E-state index in [1.807, 2.05) is 0 Å². The molecule has 0 amide bonds. The second kappa shape index (κ2) is 7.16. The van der Waals surface area contributed by atoms with Gasteiger partial charge >= 0.3 is 0 Å². The normalized spacial score (nSPS) is 17.2. The molecule has 0 N–H and O–H groups in total. The fourth-order valence-corrected chi connectivity index (χ4v) is 3.38. The minimum absolute atomic E-state index is 0.309. The van der Waals surface area contributed by atoms with Crippen LogP contribution >= 0.6 is 47.8 Å². The van der Waals surface area contributed by atoms with Crippen LogP contribution in [0.3, 0.4) is 0 Å². The third-order valence-electron chi connectivity index (χ3n) is 3.57. The second-order valence-electron chi connectivity index (χ2n) is 5.07. The van der Waals surface area contributed by atoms with E-state index in [0.717, 1.165) is 19.8 Å². The molecule has 1 atom stereocenters. The molecule has 0 aliphatic heterocycles. The van der Waals surface area contributed by atoms with Crippen LogP contribution in [0.25, 0.3) is 0 Å². The zero-order chi connectivity index (χ0) is 15.5. The number of halogens is 3. The minimum atomic E-state index is 0.309. The van der Waals surface area contributed by atoms with Crippen LogP contribution in [0.1, 0.15) is 6.42 Å². The molecule has 0 saturated carbocycles. The third-order valence-corrected chi connectivity index (χ3v) is 5.22. The van der Waals surface area contributed by atoms with Gasteiger partial charge in [-0.15, -0.1) is 0 Å². The largest absolute Gasteiger partial charge is 0.334 e. The van der Waals surface area contributed by atoms with Gasteiger partial charge in [0, 0.05) is 24.8 Å². The van der Waals surface area contributed by atoms with Gasteiger partial charge in [-0.3, -0.25) is 0 Å². The summed E-state index contributed by atoms with van der Waals surface area (Å²) in [6.45, 7) is 0. The summed E-state index contributed by atoms with van der Waals surface area (Å²) in [5.74, 6) is 0. The molecule has 1 aliphatic rings. The van der Waals surface area contributed by atoms with E-state index in [2.05, 4.69) is 119 Å². The predicted octanol–water partition coefficient (Wildman–Crippen LogP) is 6.96. The highest BCUT2D eigenvalue weighted by Crippen LogP contribution is 2.33. The highest BCUT2D eigenvalue weighted by atomic mass is 79.9. The quantitative estimate of drug-likeness (QED) is 0.456.